The number of amides is 1. The van der Waals surface area contributed by atoms with E-state index in [9.17, 15) is 14.7 Å². The van der Waals surface area contributed by atoms with Crippen LogP contribution in [0.5, 0.6) is 11.5 Å². The Bertz CT molecular complexity index is 981. The van der Waals surface area contributed by atoms with E-state index in [0.717, 1.165) is 5.56 Å². The molecule has 6 heteroatoms. The monoisotopic (exact) mass is 379 g/mol. The summed E-state index contributed by atoms with van der Waals surface area (Å²) >= 11 is 0. The maximum atomic E-state index is 12.9. The van der Waals surface area contributed by atoms with Gasteiger partial charge in [0.1, 0.15) is 0 Å². The van der Waals surface area contributed by atoms with E-state index in [0.29, 0.717) is 22.7 Å². The van der Waals surface area contributed by atoms with Gasteiger partial charge in [0.15, 0.2) is 22.9 Å². The molecule has 2 heterocycles. The predicted molar refractivity (Wildman–Crippen MR) is 104 cm³/mol. The Morgan fingerprint density at radius 1 is 1.21 bits per heavy atom. The van der Waals surface area contributed by atoms with Gasteiger partial charge >= 0.3 is 0 Å². The molecule has 0 saturated heterocycles. The number of hydrogen-bond acceptors (Lipinski definition) is 5. The highest BCUT2D eigenvalue weighted by Crippen LogP contribution is 2.43. The van der Waals surface area contributed by atoms with Crippen molar-refractivity contribution >= 4 is 23.5 Å². The zero-order valence-corrected chi connectivity index (χ0v) is 15.7. The number of benzene rings is 2. The van der Waals surface area contributed by atoms with Gasteiger partial charge in [-0.25, -0.2) is 0 Å². The van der Waals surface area contributed by atoms with Crippen molar-refractivity contribution in [2.75, 3.05) is 11.7 Å². The summed E-state index contributed by atoms with van der Waals surface area (Å²) in [5, 5.41) is 11.1. The number of carbonyl (C=O) groups excluding carboxylic acids is 2. The van der Waals surface area contributed by atoms with Crippen LogP contribution in [0, 0.1) is 0 Å². The quantitative estimate of drug-likeness (QED) is 0.808. The number of rotatable bonds is 5. The molecule has 2 aromatic rings. The van der Waals surface area contributed by atoms with Gasteiger partial charge in [0.05, 0.1) is 12.1 Å². The summed E-state index contributed by atoms with van der Waals surface area (Å²) < 4.78 is 10.6. The molecule has 2 aromatic carbocycles. The van der Waals surface area contributed by atoms with Gasteiger partial charge in [-0.05, 0) is 43.7 Å². The van der Waals surface area contributed by atoms with E-state index in [1.807, 2.05) is 26.0 Å². The molecule has 0 radical (unpaired) electrons. The zero-order chi connectivity index (χ0) is 19.9. The van der Waals surface area contributed by atoms with Gasteiger partial charge in [-0.15, -0.1) is 0 Å². The van der Waals surface area contributed by atoms with E-state index in [1.54, 1.807) is 41.3 Å². The molecular weight excluding hydrogens is 358 g/mol. The Labute approximate surface area is 163 Å². The molecule has 6 nitrogen and oxygen atoms in total. The SMILES string of the molecule is CC(C)N1C(=O)[C@](O)(CC(=O)/C=C/c2ccc3c(c2)OCO3)c2ccccc21. The standard InChI is InChI=1S/C22H21NO5/c1-14(2)23-18-6-4-3-5-17(18)22(26,21(23)25)12-16(24)9-7-15-8-10-19-20(11-15)28-13-27-19/h3-11,14,26H,12-13H2,1-2H3/b9-7+/t22-/m0/s1. The number of para-hydroxylation sites is 1. The van der Waals surface area contributed by atoms with Crippen LogP contribution in [0.3, 0.4) is 0 Å². The summed E-state index contributed by atoms with van der Waals surface area (Å²) in [4.78, 5) is 27.0. The molecule has 1 amide bonds. The third-order valence-electron chi connectivity index (χ3n) is 4.99. The highest BCUT2D eigenvalue weighted by atomic mass is 16.7. The van der Waals surface area contributed by atoms with E-state index in [2.05, 4.69) is 0 Å². The molecule has 28 heavy (non-hydrogen) atoms. The second kappa shape index (κ2) is 6.80. The lowest BCUT2D eigenvalue weighted by Gasteiger charge is -2.25. The molecule has 0 bridgehead atoms. The Morgan fingerprint density at radius 2 is 1.96 bits per heavy atom. The van der Waals surface area contributed by atoms with E-state index >= 15 is 0 Å². The van der Waals surface area contributed by atoms with Crippen LogP contribution in [0.4, 0.5) is 5.69 Å². The van der Waals surface area contributed by atoms with Gasteiger partial charge in [0.25, 0.3) is 5.91 Å². The minimum absolute atomic E-state index is 0.123. The molecule has 144 valence electrons. The second-order valence-electron chi connectivity index (χ2n) is 7.24. The van der Waals surface area contributed by atoms with Crippen LogP contribution in [0.1, 0.15) is 31.4 Å². The third-order valence-corrected chi connectivity index (χ3v) is 4.99. The first-order valence-corrected chi connectivity index (χ1v) is 9.16. The van der Waals surface area contributed by atoms with Gasteiger partial charge in [-0.3, -0.25) is 9.59 Å². The van der Waals surface area contributed by atoms with Gasteiger partial charge in [0.2, 0.25) is 6.79 Å². The molecule has 2 aliphatic heterocycles. The van der Waals surface area contributed by atoms with Crippen LogP contribution in [0.15, 0.2) is 48.5 Å². The first-order chi connectivity index (χ1) is 13.4. The molecule has 0 unspecified atom stereocenters. The molecule has 2 aliphatic rings. The molecule has 0 fully saturated rings. The average molecular weight is 379 g/mol. The number of carbonyl (C=O) groups is 2. The van der Waals surface area contributed by atoms with Crippen LogP contribution in [-0.2, 0) is 15.2 Å². The van der Waals surface area contributed by atoms with Crippen molar-refractivity contribution in [2.24, 2.45) is 0 Å². The number of nitrogens with zero attached hydrogens (tertiary/aromatic N) is 1. The minimum atomic E-state index is -1.85. The first kappa shape index (κ1) is 18.3. The lowest BCUT2D eigenvalue weighted by atomic mass is 9.89. The number of fused-ring (bicyclic) bond motifs is 2. The fourth-order valence-electron chi connectivity index (χ4n) is 3.66. The summed E-state index contributed by atoms with van der Waals surface area (Å²) in [6, 6.07) is 12.3. The smallest absolute Gasteiger partial charge is 0.264 e. The summed E-state index contributed by atoms with van der Waals surface area (Å²) in [6.07, 6.45) is 2.70. The Kier molecular flexibility index (Phi) is 4.43. The lowest BCUT2D eigenvalue weighted by Crippen LogP contribution is -2.44. The van der Waals surface area contributed by atoms with Crippen LogP contribution in [0.25, 0.3) is 6.08 Å². The molecule has 4 rings (SSSR count). The Hall–Kier alpha value is -3.12. The van der Waals surface area contributed by atoms with Gasteiger partial charge < -0.3 is 19.5 Å². The maximum Gasteiger partial charge on any atom is 0.264 e. The normalized spacial score (nSPS) is 20.3. The topological polar surface area (TPSA) is 76.1 Å². The molecule has 0 saturated carbocycles. The third kappa shape index (κ3) is 2.96. The number of hydrogen-bond donors (Lipinski definition) is 1. The first-order valence-electron chi connectivity index (χ1n) is 9.16. The van der Waals surface area contributed by atoms with E-state index in [-0.39, 0.29) is 25.0 Å². The van der Waals surface area contributed by atoms with Crippen LogP contribution in [0.2, 0.25) is 0 Å². The number of aliphatic hydroxyl groups is 1. The molecule has 1 atom stereocenters. The summed E-state index contributed by atoms with van der Waals surface area (Å²) in [5.41, 5.74) is 0.0413. The van der Waals surface area contributed by atoms with E-state index in [4.69, 9.17) is 9.47 Å². The van der Waals surface area contributed by atoms with Crippen molar-refractivity contribution in [2.45, 2.75) is 31.9 Å². The van der Waals surface area contributed by atoms with Crippen molar-refractivity contribution < 1.29 is 24.2 Å². The van der Waals surface area contributed by atoms with Crippen LogP contribution in [-0.4, -0.2) is 29.6 Å². The minimum Gasteiger partial charge on any atom is -0.454 e. The Morgan fingerprint density at radius 3 is 2.75 bits per heavy atom. The number of anilines is 1. The van der Waals surface area contributed by atoms with Gasteiger partial charge in [-0.2, -0.15) is 0 Å². The average Bonchev–Trinajstić information content (AvgIpc) is 3.21. The second-order valence-corrected chi connectivity index (χ2v) is 7.24. The van der Waals surface area contributed by atoms with Crippen molar-refractivity contribution in [3.63, 3.8) is 0 Å². The lowest BCUT2D eigenvalue weighted by molar-refractivity contribution is -0.140. The number of allylic oxidation sites excluding steroid dienone is 1. The van der Waals surface area contributed by atoms with Crippen LogP contribution < -0.4 is 14.4 Å². The molecule has 1 N–H and O–H groups in total. The van der Waals surface area contributed by atoms with E-state index in [1.165, 1.54) is 6.08 Å². The van der Waals surface area contributed by atoms with Crippen molar-refractivity contribution in [1.29, 1.82) is 0 Å². The fraction of sp³-hybridized carbons (Fsp3) is 0.273. The molecule has 0 aliphatic carbocycles. The molecule has 0 spiro atoms. The summed E-state index contributed by atoms with van der Waals surface area (Å²) in [5.74, 6) is 0.489. The van der Waals surface area contributed by atoms with Gasteiger partial charge in [0, 0.05) is 11.6 Å². The molecular formula is C22H21NO5. The van der Waals surface area contributed by atoms with E-state index < -0.39 is 11.5 Å². The largest absolute Gasteiger partial charge is 0.454 e. The van der Waals surface area contributed by atoms with Crippen molar-refractivity contribution in [1.82, 2.24) is 0 Å². The zero-order valence-electron chi connectivity index (χ0n) is 15.7. The Balaban J connectivity index is 1.56. The number of ketones is 1. The number of ether oxygens (including phenoxy) is 2. The molecule has 0 aromatic heterocycles. The highest BCUT2D eigenvalue weighted by Gasteiger charge is 2.51. The summed E-state index contributed by atoms with van der Waals surface area (Å²) in [6.45, 7) is 3.94. The highest BCUT2D eigenvalue weighted by molar-refractivity contribution is 6.10. The van der Waals surface area contributed by atoms with Gasteiger partial charge in [-0.1, -0.05) is 30.3 Å². The fourth-order valence-corrected chi connectivity index (χ4v) is 3.66. The van der Waals surface area contributed by atoms with Crippen molar-refractivity contribution in [3.8, 4) is 11.5 Å². The maximum absolute atomic E-state index is 12.9. The van der Waals surface area contributed by atoms with Crippen LogP contribution >= 0.6 is 0 Å². The summed E-state index contributed by atoms with van der Waals surface area (Å²) in [7, 11) is 0. The predicted octanol–water partition coefficient (Wildman–Crippen LogP) is 3.03. The van der Waals surface area contributed by atoms with Crippen molar-refractivity contribution in [3.05, 3.63) is 59.7 Å².